The number of anilines is 1. The molecule has 2 amide bonds. The highest BCUT2D eigenvalue weighted by Gasteiger charge is 2.36. The van der Waals surface area contributed by atoms with E-state index in [2.05, 4.69) is 46.0 Å². The van der Waals surface area contributed by atoms with Gasteiger partial charge in [0.15, 0.2) is 6.17 Å². The summed E-state index contributed by atoms with van der Waals surface area (Å²) >= 11 is 6.40. The summed E-state index contributed by atoms with van der Waals surface area (Å²) in [6.07, 6.45) is 6.94. The van der Waals surface area contributed by atoms with Crippen LogP contribution in [0.15, 0.2) is 24.5 Å². The van der Waals surface area contributed by atoms with Gasteiger partial charge in [0.25, 0.3) is 0 Å². The van der Waals surface area contributed by atoms with Crippen LogP contribution in [0.5, 0.6) is 0 Å². The van der Waals surface area contributed by atoms with E-state index in [0.717, 1.165) is 35.0 Å². The lowest BCUT2D eigenvalue weighted by molar-refractivity contribution is -0.130. The number of carbonyl (C=O) groups excluding carboxylic acids is 2. The zero-order chi connectivity index (χ0) is 28.8. The monoisotopic (exact) mass is 580 g/mol. The van der Waals surface area contributed by atoms with E-state index in [-0.39, 0.29) is 18.0 Å². The molecule has 0 bridgehead atoms. The Morgan fingerprint density at radius 3 is 2.44 bits per heavy atom. The van der Waals surface area contributed by atoms with Crippen molar-refractivity contribution in [3.8, 4) is 11.3 Å². The van der Waals surface area contributed by atoms with E-state index < -0.39 is 12.3 Å². The van der Waals surface area contributed by atoms with Crippen LogP contribution in [0.2, 0.25) is 5.02 Å². The van der Waals surface area contributed by atoms with Crippen LogP contribution in [-0.2, 0) is 16.2 Å². The van der Waals surface area contributed by atoms with Gasteiger partial charge in [-0.3, -0.25) is 15.1 Å². The highest BCUT2D eigenvalue weighted by Crippen LogP contribution is 2.38. The number of hydrogen-bond donors (Lipinski definition) is 2. The molecule has 5 heterocycles. The van der Waals surface area contributed by atoms with Gasteiger partial charge in [-0.1, -0.05) is 31.4 Å². The van der Waals surface area contributed by atoms with Crippen LogP contribution in [-0.4, -0.2) is 61.6 Å². The SMILES string of the molecule is CC(=O)N1C[C@@H](C)N(c2nc3cc(C4NOC(=O)N4)nc(-c4cncc(Cl)c4)c3n2CC2CCC(C)CC2)[C@H](C)C1. The molecule has 0 aromatic carbocycles. The Kier molecular flexibility index (Phi) is 7.50. The van der Waals surface area contributed by atoms with Crippen LogP contribution in [0.1, 0.15) is 65.2 Å². The molecular weight excluding hydrogens is 544 g/mol. The molecule has 3 aromatic heterocycles. The molecule has 0 spiro atoms. The van der Waals surface area contributed by atoms with Crippen LogP contribution >= 0.6 is 11.6 Å². The van der Waals surface area contributed by atoms with Gasteiger partial charge in [-0.2, -0.15) is 0 Å². The first-order valence-corrected chi connectivity index (χ1v) is 14.8. The number of halogens is 1. The third kappa shape index (κ3) is 5.44. The molecule has 3 atom stereocenters. The number of pyridine rings is 2. The first kappa shape index (κ1) is 27.7. The first-order valence-electron chi connectivity index (χ1n) is 14.5. The van der Waals surface area contributed by atoms with Crippen molar-refractivity contribution in [1.29, 1.82) is 0 Å². The molecule has 11 nitrogen and oxygen atoms in total. The number of rotatable bonds is 5. The second kappa shape index (κ2) is 11.1. The Labute approximate surface area is 244 Å². The van der Waals surface area contributed by atoms with Crippen molar-refractivity contribution in [1.82, 2.24) is 35.2 Å². The lowest BCUT2D eigenvalue weighted by Gasteiger charge is -2.45. The van der Waals surface area contributed by atoms with Gasteiger partial charge in [0.1, 0.15) is 0 Å². The second-order valence-corrected chi connectivity index (χ2v) is 12.4. The molecule has 12 heteroatoms. The van der Waals surface area contributed by atoms with E-state index in [9.17, 15) is 9.59 Å². The number of hydrogen-bond acceptors (Lipinski definition) is 8. The number of imidazole rings is 1. The summed E-state index contributed by atoms with van der Waals surface area (Å²) in [5, 5.41) is 3.26. The molecule has 2 N–H and O–H groups in total. The summed E-state index contributed by atoms with van der Waals surface area (Å²) in [4.78, 5) is 48.0. The minimum absolute atomic E-state index is 0.0671. The van der Waals surface area contributed by atoms with Crippen molar-refractivity contribution in [3.63, 3.8) is 0 Å². The van der Waals surface area contributed by atoms with Crippen molar-refractivity contribution < 1.29 is 14.4 Å². The fourth-order valence-corrected chi connectivity index (χ4v) is 6.77. The Morgan fingerprint density at radius 1 is 1.07 bits per heavy atom. The highest BCUT2D eigenvalue weighted by molar-refractivity contribution is 6.30. The summed E-state index contributed by atoms with van der Waals surface area (Å²) in [6.45, 7) is 10.3. The number of amides is 2. The van der Waals surface area contributed by atoms with Crippen molar-refractivity contribution in [3.05, 3.63) is 35.2 Å². The average molecular weight is 581 g/mol. The zero-order valence-corrected chi connectivity index (χ0v) is 24.7. The number of fused-ring (bicyclic) bond motifs is 1. The summed E-state index contributed by atoms with van der Waals surface area (Å²) in [5.74, 6) is 2.22. The Balaban J connectivity index is 1.53. The molecule has 41 heavy (non-hydrogen) atoms. The topological polar surface area (TPSA) is 118 Å². The maximum absolute atomic E-state index is 12.3. The third-order valence-electron chi connectivity index (χ3n) is 8.70. The molecule has 1 saturated carbocycles. The lowest BCUT2D eigenvalue weighted by Crippen LogP contribution is -2.58. The van der Waals surface area contributed by atoms with E-state index in [1.165, 1.54) is 25.7 Å². The summed E-state index contributed by atoms with van der Waals surface area (Å²) in [7, 11) is 0. The lowest BCUT2D eigenvalue weighted by atomic mass is 9.83. The van der Waals surface area contributed by atoms with Crippen molar-refractivity contribution >= 4 is 40.6 Å². The number of hydroxylamine groups is 1. The van der Waals surface area contributed by atoms with Gasteiger partial charge >= 0.3 is 6.09 Å². The molecule has 6 rings (SSSR count). The Hall–Kier alpha value is -3.44. The van der Waals surface area contributed by atoms with Gasteiger partial charge < -0.3 is 19.2 Å². The summed E-state index contributed by atoms with van der Waals surface area (Å²) in [6, 6.07) is 3.90. The fourth-order valence-electron chi connectivity index (χ4n) is 6.59. The Bertz CT molecular complexity index is 1460. The van der Waals surface area contributed by atoms with Crippen LogP contribution in [0.3, 0.4) is 0 Å². The van der Waals surface area contributed by atoms with E-state index in [0.29, 0.717) is 35.4 Å². The number of piperazine rings is 1. The van der Waals surface area contributed by atoms with Crippen molar-refractivity contribution in [2.75, 3.05) is 18.0 Å². The number of carbonyl (C=O) groups is 2. The molecule has 1 unspecified atom stereocenters. The molecule has 0 radical (unpaired) electrons. The van der Waals surface area contributed by atoms with E-state index in [1.54, 1.807) is 19.3 Å². The normalized spacial score (nSPS) is 26.8. The van der Waals surface area contributed by atoms with Gasteiger partial charge in [-0.25, -0.2) is 14.8 Å². The van der Waals surface area contributed by atoms with E-state index in [1.807, 2.05) is 17.0 Å². The van der Waals surface area contributed by atoms with Gasteiger partial charge in [0.05, 0.1) is 27.4 Å². The van der Waals surface area contributed by atoms with E-state index >= 15 is 0 Å². The summed E-state index contributed by atoms with van der Waals surface area (Å²) in [5.41, 5.74) is 6.42. The van der Waals surface area contributed by atoms with Gasteiger partial charge in [0.2, 0.25) is 11.9 Å². The maximum Gasteiger partial charge on any atom is 0.427 e. The first-order chi connectivity index (χ1) is 19.7. The van der Waals surface area contributed by atoms with E-state index in [4.69, 9.17) is 26.4 Å². The minimum Gasteiger partial charge on any atom is -0.351 e. The summed E-state index contributed by atoms with van der Waals surface area (Å²) < 4.78 is 2.33. The molecule has 1 aliphatic carbocycles. The Morgan fingerprint density at radius 2 is 1.80 bits per heavy atom. The standard InChI is InChI=1S/C29H37ClN8O3/c1-16-5-7-20(8-6-16)15-37-26-23(33-28(37)38-17(2)13-36(19(4)39)14-18(38)3)10-24(27-34-29(40)41-35-27)32-25(26)21-9-22(30)12-31-11-21/h9-12,16-18,20,27,35H,5-8,13-15H2,1-4H3,(H,34,40)/t16?,17-,18-,20?,27?/m1/s1. The van der Waals surface area contributed by atoms with Gasteiger partial charge in [0, 0.05) is 56.6 Å². The number of aromatic nitrogens is 4. The second-order valence-electron chi connectivity index (χ2n) is 11.9. The van der Waals surface area contributed by atoms with Gasteiger partial charge in [-0.05, 0) is 50.7 Å². The predicted octanol–water partition coefficient (Wildman–Crippen LogP) is 4.66. The molecule has 3 fully saturated rings. The van der Waals surface area contributed by atoms with Crippen LogP contribution in [0.4, 0.5) is 10.7 Å². The smallest absolute Gasteiger partial charge is 0.351 e. The highest BCUT2D eigenvalue weighted by atomic mass is 35.5. The molecular formula is C29H37ClN8O3. The fraction of sp³-hybridized carbons (Fsp3) is 0.552. The molecule has 3 aromatic rings. The third-order valence-corrected chi connectivity index (χ3v) is 8.91. The molecule has 2 saturated heterocycles. The molecule has 2 aliphatic heterocycles. The predicted molar refractivity (Wildman–Crippen MR) is 156 cm³/mol. The quantitative estimate of drug-likeness (QED) is 0.447. The number of nitrogens with one attached hydrogen (secondary N) is 2. The van der Waals surface area contributed by atoms with Crippen molar-refractivity contribution in [2.24, 2.45) is 11.8 Å². The molecule has 3 aliphatic rings. The average Bonchev–Trinajstić information content (AvgIpc) is 3.52. The zero-order valence-electron chi connectivity index (χ0n) is 23.9. The number of nitrogens with zero attached hydrogens (tertiary/aromatic N) is 6. The van der Waals surface area contributed by atoms with Crippen LogP contribution in [0.25, 0.3) is 22.3 Å². The van der Waals surface area contributed by atoms with Crippen LogP contribution in [0, 0.1) is 11.8 Å². The van der Waals surface area contributed by atoms with Crippen molar-refractivity contribution in [2.45, 2.75) is 78.2 Å². The largest absolute Gasteiger partial charge is 0.427 e. The molecule has 218 valence electrons. The van der Waals surface area contributed by atoms with Gasteiger partial charge in [-0.15, -0.1) is 5.48 Å². The minimum atomic E-state index is -0.622. The maximum atomic E-state index is 12.3. The van der Waals surface area contributed by atoms with Crippen LogP contribution < -0.4 is 15.7 Å².